The van der Waals surface area contributed by atoms with Crippen LogP contribution in [0.3, 0.4) is 0 Å². The van der Waals surface area contributed by atoms with Crippen LogP contribution in [0.2, 0.25) is 0 Å². The Kier molecular flexibility index (Phi) is 6.00. The predicted octanol–water partition coefficient (Wildman–Crippen LogP) is 2.36. The maximum atomic E-state index is 11.8. The molecule has 25 heavy (non-hydrogen) atoms. The first-order chi connectivity index (χ1) is 12.2. The lowest BCUT2D eigenvalue weighted by Crippen LogP contribution is -2.31. The minimum atomic E-state index is 0.0328. The molecule has 0 spiro atoms. The van der Waals surface area contributed by atoms with Crippen molar-refractivity contribution >= 4 is 5.91 Å². The molecule has 7 heteroatoms. The third-order valence-corrected chi connectivity index (χ3v) is 4.16. The lowest BCUT2D eigenvalue weighted by Gasteiger charge is -2.10. The van der Waals surface area contributed by atoms with Crippen molar-refractivity contribution < 1.29 is 18.8 Å². The Morgan fingerprint density at radius 1 is 1.36 bits per heavy atom. The number of nitrogens with one attached hydrogen (secondary N) is 1. The summed E-state index contributed by atoms with van der Waals surface area (Å²) in [5.41, 5.74) is 0.866. The first-order valence-corrected chi connectivity index (χ1v) is 8.60. The minimum absolute atomic E-state index is 0.0328. The van der Waals surface area contributed by atoms with Gasteiger partial charge in [0.15, 0.2) is 0 Å². The monoisotopic (exact) mass is 345 g/mol. The van der Waals surface area contributed by atoms with Gasteiger partial charge in [0.2, 0.25) is 17.6 Å². The van der Waals surface area contributed by atoms with E-state index in [1.807, 2.05) is 24.3 Å². The second-order valence-electron chi connectivity index (χ2n) is 6.03. The zero-order valence-corrected chi connectivity index (χ0v) is 14.4. The normalized spacial score (nSPS) is 16.8. The van der Waals surface area contributed by atoms with Crippen LogP contribution < -0.4 is 10.1 Å². The van der Waals surface area contributed by atoms with Crippen LogP contribution in [0.4, 0.5) is 0 Å². The number of nitrogens with zero attached hydrogens (tertiary/aromatic N) is 2. The van der Waals surface area contributed by atoms with Crippen LogP contribution in [0.25, 0.3) is 11.4 Å². The number of hydrogen-bond acceptors (Lipinski definition) is 6. The zero-order chi connectivity index (χ0) is 17.5. The van der Waals surface area contributed by atoms with E-state index in [1.54, 1.807) is 7.11 Å². The van der Waals surface area contributed by atoms with Crippen molar-refractivity contribution in [2.24, 2.45) is 0 Å². The van der Waals surface area contributed by atoms with E-state index in [2.05, 4.69) is 15.5 Å². The molecule has 3 rings (SSSR count). The van der Waals surface area contributed by atoms with Crippen LogP contribution in [-0.4, -0.2) is 42.4 Å². The molecule has 0 radical (unpaired) electrons. The van der Waals surface area contributed by atoms with Crippen LogP contribution in [0, 0.1) is 0 Å². The van der Waals surface area contributed by atoms with Crippen LogP contribution in [0.15, 0.2) is 28.8 Å². The summed E-state index contributed by atoms with van der Waals surface area (Å²) < 4.78 is 15.9. The molecular weight excluding hydrogens is 322 g/mol. The number of aromatic nitrogens is 2. The molecule has 1 amide bonds. The van der Waals surface area contributed by atoms with E-state index in [1.165, 1.54) is 0 Å². The molecule has 0 unspecified atom stereocenters. The van der Waals surface area contributed by atoms with Gasteiger partial charge in [-0.1, -0.05) is 5.16 Å². The van der Waals surface area contributed by atoms with Gasteiger partial charge in [-0.05, 0) is 43.5 Å². The minimum Gasteiger partial charge on any atom is -0.497 e. The van der Waals surface area contributed by atoms with Crippen molar-refractivity contribution in [2.45, 2.75) is 38.2 Å². The second-order valence-corrected chi connectivity index (χ2v) is 6.03. The Morgan fingerprint density at radius 3 is 2.92 bits per heavy atom. The highest BCUT2D eigenvalue weighted by atomic mass is 16.5. The number of carbonyl (C=O) groups excluding carboxylic acids is 1. The number of hydrogen-bond donors (Lipinski definition) is 1. The van der Waals surface area contributed by atoms with Crippen molar-refractivity contribution in [1.29, 1.82) is 0 Å². The Balaban J connectivity index is 1.41. The number of methoxy groups -OCH3 is 1. The molecule has 0 aliphatic carbocycles. The first-order valence-electron chi connectivity index (χ1n) is 8.60. The summed E-state index contributed by atoms with van der Waals surface area (Å²) in [5.74, 6) is 1.89. The van der Waals surface area contributed by atoms with E-state index in [0.717, 1.165) is 30.8 Å². The van der Waals surface area contributed by atoms with Crippen molar-refractivity contribution in [3.05, 3.63) is 30.2 Å². The molecule has 1 aliphatic rings. The third kappa shape index (κ3) is 5.03. The van der Waals surface area contributed by atoms with Crippen LogP contribution >= 0.6 is 0 Å². The van der Waals surface area contributed by atoms with Gasteiger partial charge in [0.05, 0.1) is 13.2 Å². The van der Waals surface area contributed by atoms with Gasteiger partial charge >= 0.3 is 0 Å². The molecule has 1 aromatic heterocycles. The Bertz CT molecular complexity index is 678. The van der Waals surface area contributed by atoms with E-state index in [4.69, 9.17) is 14.0 Å². The summed E-state index contributed by atoms with van der Waals surface area (Å²) in [6.45, 7) is 1.40. The van der Waals surface area contributed by atoms with Gasteiger partial charge in [0, 0.05) is 31.6 Å². The highest BCUT2D eigenvalue weighted by molar-refractivity contribution is 5.75. The molecule has 2 heterocycles. The SMILES string of the molecule is COc1ccc(-c2noc(CCCC(=O)NC[C@@H]3CCCO3)n2)cc1. The van der Waals surface area contributed by atoms with Gasteiger partial charge in [-0.2, -0.15) is 4.98 Å². The summed E-state index contributed by atoms with van der Waals surface area (Å²) in [6, 6.07) is 7.46. The highest BCUT2D eigenvalue weighted by Gasteiger charge is 2.16. The molecule has 2 aromatic rings. The maximum absolute atomic E-state index is 11.8. The molecule has 134 valence electrons. The highest BCUT2D eigenvalue weighted by Crippen LogP contribution is 2.20. The number of amides is 1. The molecule has 1 N–H and O–H groups in total. The molecule has 1 atom stereocenters. The standard InChI is InChI=1S/C18H23N3O4/c1-23-14-9-7-13(8-10-14)18-20-17(25-21-18)6-2-5-16(22)19-12-15-4-3-11-24-15/h7-10,15H,2-6,11-12H2,1H3,(H,19,22)/t15-/m0/s1. The molecule has 1 fully saturated rings. The number of carbonyl (C=O) groups is 1. The molecule has 7 nitrogen and oxygen atoms in total. The average molecular weight is 345 g/mol. The van der Waals surface area contributed by atoms with E-state index < -0.39 is 0 Å². The molecule has 1 aromatic carbocycles. The smallest absolute Gasteiger partial charge is 0.226 e. The van der Waals surface area contributed by atoms with E-state index in [-0.39, 0.29) is 12.0 Å². The van der Waals surface area contributed by atoms with Crippen molar-refractivity contribution in [3.63, 3.8) is 0 Å². The fourth-order valence-electron chi connectivity index (χ4n) is 2.74. The lowest BCUT2D eigenvalue weighted by molar-refractivity contribution is -0.121. The summed E-state index contributed by atoms with van der Waals surface area (Å²) >= 11 is 0. The quantitative estimate of drug-likeness (QED) is 0.790. The van der Waals surface area contributed by atoms with Crippen LogP contribution in [0.5, 0.6) is 5.75 Å². The first kappa shape index (κ1) is 17.4. The topological polar surface area (TPSA) is 86.5 Å². The zero-order valence-electron chi connectivity index (χ0n) is 14.4. The average Bonchev–Trinajstić information content (AvgIpc) is 3.32. The maximum Gasteiger partial charge on any atom is 0.226 e. The lowest BCUT2D eigenvalue weighted by atomic mass is 10.2. The van der Waals surface area contributed by atoms with E-state index in [0.29, 0.717) is 37.5 Å². The second kappa shape index (κ2) is 8.62. The predicted molar refractivity (Wildman–Crippen MR) is 91.2 cm³/mol. The van der Waals surface area contributed by atoms with Crippen LogP contribution in [0.1, 0.15) is 31.6 Å². The Labute approximate surface area is 146 Å². The van der Waals surface area contributed by atoms with Gasteiger partial charge in [0.1, 0.15) is 5.75 Å². The molecular formula is C18H23N3O4. The van der Waals surface area contributed by atoms with Gasteiger partial charge in [-0.15, -0.1) is 0 Å². The fraction of sp³-hybridized carbons (Fsp3) is 0.500. The Morgan fingerprint density at radius 2 is 2.20 bits per heavy atom. The number of rotatable bonds is 8. The Hall–Kier alpha value is -2.41. The number of aryl methyl sites for hydroxylation is 1. The molecule has 0 bridgehead atoms. The molecule has 0 saturated carbocycles. The summed E-state index contributed by atoms with van der Waals surface area (Å²) in [6.07, 6.45) is 3.96. The van der Waals surface area contributed by atoms with Gasteiger partial charge in [0.25, 0.3) is 0 Å². The summed E-state index contributed by atoms with van der Waals surface area (Å²) in [5, 5.41) is 6.89. The largest absolute Gasteiger partial charge is 0.497 e. The third-order valence-electron chi connectivity index (χ3n) is 4.16. The van der Waals surface area contributed by atoms with Crippen molar-refractivity contribution in [2.75, 3.05) is 20.3 Å². The van der Waals surface area contributed by atoms with Gasteiger partial charge in [-0.25, -0.2) is 0 Å². The van der Waals surface area contributed by atoms with Crippen LogP contribution in [-0.2, 0) is 16.0 Å². The molecule has 1 aliphatic heterocycles. The summed E-state index contributed by atoms with van der Waals surface area (Å²) in [7, 11) is 1.62. The molecule has 1 saturated heterocycles. The number of ether oxygens (including phenoxy) is 2. The fourth-order valence-corrected chi connectivity index (χ4v) is 2.74. The van der Waals surface area contributed by atoms with E-state index in [9.17, 15) is 4.79 Å². The van der Waals surface area contributed by atoms with Gasteiger partial charge in [-0.3, -0.25) is 4.79 Å². The van der Waals surface area contributed by atoms with Crippen molar-refractivity contribution in [3.8, 4) is 17.1 Å². The summed E-state index contributed by atoms with van der Waals surface area (Å²) in [4.78, 5) is 16.2. The van der Waals surface area contributed by atoms with Crippen molar-refractivity contribution in [1.82, 2.24) is 15.5 Å². The van der Waals surface area contributed by atoms with Gasteiger partial charge < -0.3 is 19.3 Å². The van der Waals surface area contributed by atoms with E-state index >= 15 is 0 Å². The number of benzene rings is 1.